The molecule has 0 aliphatic rings. The van der Waals surface area contributed by atoms with Gasteiger partial charge >= 0.3 is 5.69 Å². The first-order chi connectivity index (χ1) is 7.74. The highest BCUT2D eigenvalue weighted by molar-refractivity contribution is 5.77. The molecule has 2 rings (SSSR count). The summed E-state index contributed by atoms with van der Waals surface area (Å²) >= 11 is 0. The molecule has 0 saturated carbocycles. The van der Waals surface area contributed by atoms with E-state index in [1.54, 1.807) is 16.7 Å². The van der Waals surface area contributed by atoms with E-state index in [1.165, 1.54) is 0 Å². The minimum absolute atomic E-state index is 0.312. The molecule has 16 heavy (non-hydrogen) atoms. The monoisotopic (exact) mass is 218 g/mol. The molecule has 0 radical (unpaired) electrons. The van der Waals surface area contributed by atoms with Crippen LogP contribution in [0.4, 0.5) is 0 Å². The Labute approximate surface area is 92.5 Å². The molecule has 84 valence electrons. The van der Waals surface area contributed by atoms with Gasteiger partial charge in [0.2, 0.25) is 0 Å². The Morgan fingerprint density at radius 3 is 2.75 bits per heavy atom. The van der Waals surface area contributed by atoms with Crippen LogP contribution in [-0.4, -0.2) is 9.55 Å². The maximum atomic E-state index is 11.7. The molecule has 0 saturated heterocycles. The second-order valence-corrected chi connectivity index (χ2v) is 3.78. The normalized spacial score (nSPS) is 10.8. The van der Waals surface area contributed by atoms with Crippen LogP contribution in [0.2, 0.25) is 0 Å². The number of nitrogens with zero attached hydrogens (tertiary/aromatic N) is 1. The van der Waals surface area contributed by atoms with E-state index in [0.717, 1.165) is 12.8 Å². The van der Waals surface area contributed by atoms with Gasteiger partial charge in [-0.3, -0.25) is 14.3 Å². The highest BCUT2D eigenvalue weighted by Crippen LogP contribution is 2.07. The van der Waals surface area contributed by atoms with Crippen molar-refractivity contribution in [3.05, 3.63) is 45.1 Å². The molecular formula is C12H14N2O2. The lowest BCUT2D eigenvalue weighted by atomic mass is 10.2. The number of H-pyrrole nitrogens is 1. The van der Waals surface area contributed by atoms with Crippen LogP contribution >= 0.6 is 0 Å². The molecule has 0 aliphatic carbocycles. The summed E-state index contributed by atoms with van der Waals surface area (Å²) in [7, 11) is 0. The molecule has 0 unspecified atom stereocenters. The van der Waals surface area contributed by atoms with Crippen molar-refractivity contribution in [2.45, 2.75) is 26.3 Å². The van der Waals surface area contributed by atoms with E-state index in [9.17, 15) is 9.59 Å². The number of fused-ring (bicyclic) bond motifs is 1. The van der Waals surface area contributed by atoms with E-state index in [1.807, 2.05) is 12.1 Å². The molecule has 0 aliphatic heterocycles. The summed E-state index contributed by atoms with van der Waals surface area (Å²) < 4.78 is 1.63. The zero-order valence-corrected chi connectivity index (χ0v) is 9.19. The molecule has 0 amide bonds. The first-order valence-electron chi connectivity index (χ1n) is 5.46. The van der Waals surface area contributed by atoms with Gasteiger partial charge in [-0.25, -0.2) is 4.79 Å². The van der Waals surface area contributed by atoms with Crippen molar-refractivity contribution in [1.82, 2.24) is 9.55 Å². The summed E-state index contributed by atoms with van der Waals surface area (Å²) in [6.45, 7) is 2.71. The van der Waals surface area contributed by atoms with Gasteiger partial charge in [-0.15, -0.1) is 0 Å². The average Bonchev–Trinajstić information content (AvgIpc) is 2.29. The smallest absolute Gasteiger partial charge is 0.293 e. The van der Waals surface area contributed by atoms with Crippen LogP contribution in [0.3, 0.4) is 0 Å². The van der Waals surface area contributed by atoms with Crippen LogP contribution in [0.25, 0.3) is 10.9 Å². The third kappa shape index (κ3) is 1.78. The van der Waals surface area contributed by atoms with E-state index in [2.05, 4.69) is 11.9 Å². The van der Waals surface area contributed by atoms with Crippen LogP contribution in [0.15, 0.2) is 33.9 Å². The number of rotatable bonds is 3. The zero-order chi connectivity index (χ0) is 11.5. The van der Waals surface area contributed by atoms with E-state index in [0.29, 0.717) is 17.4 Å². The minimum atomic E-state index is -0.322. The van der Waals surface area contributed by atoms with Crippen molar-refractivity contribution < 1.29 is 0 Å². The van der Waals surface area contributed by atoms with Crippen molar-refractivity contribution in [2.75, 3.05) is 0 Å². The molecule has 0 spiro atoms. The summed E-state index contributed by atoms with van der Waals surface area (Å²) in [6, 6.07) is 7.17. The molecule has 1 N–H and O–H groups in total. The summed E-state index contributed by atoms with van der Waals surface area (Å²) in [5.74, 6) is 0. The van der Waals surface area contributed by atoms with Crippen molar-refractivity contribution in [1.29, 1.82) is 0 Å². The summed E-state index contributed by atoms with van der Waals surface area (Å²) in [4.78, 5) is 25.6. The zero-order valence-electron chi connectivity index (χ0n) is 9.19. The Hall–Kier alpha value is -1.84. The molecule has 2 aromatic rings. The Balaban J connectivity index is 2.72. The van der Waals surface area contributed by atoms with Crippen LogP contribution in [0.5, 0.6) is 0 Å². The second-order valence-electron chi connectivity index (χ2n) is 3.78. The second kappa shape index (κ2) is 4.35. The Morgan fingerprint density at radius 2 is 2.00 bits per heavy atom. The first-order valence-corrected chi connectivity index (χ1v) is 5.46. The molecule has 4 nitrogen and oxygen atoms in total. The van der Waals surface area contributed by atoms with Gasteiger partial charge in [0.05, 0.1) is 10.9 Å². The third-order valence-electron chi connectivity index (χ3n) is 2.64. The van der Waals surface area contributed by atoms with Crippen molar-refractivity contribution >= 4 is 10.9 Å². The highest BCUT2D eigenvalue weighted by atomic mass is 16.2. The molecule has 1 aromatic carbocycles. The molecule has 1 aromatic heterocycles. The number of aromatic amines is 1. The molecule has 0 bridgehead atoms. The first kappa shape index (κ1) is 10.7. The quantitative estimate of drug-likeness (QED) is 0.848. The summed E-state index contributed by atoms with van der Waals surface area (Å²) in [5.41, 5.74) is 0.0789. The largest absolute Gasteiger partial charge is 0.328 e. The lowest BCUT2D eigenvalue weighted by Gasteiger charge is -2.07. The number of para-hydroxylation sites is 1. The van der Waals surface area contributed by atoms with E-state index in [4.69, 9.17) is 0 Å². The molecular weight excluding hydrogens is 204 g/mol. The molecule has 4 heteroatoms. The van der Waals surface area contributed by atoms with Crippen molar-refractivity contribution in [3.63, 3.8) is 0 Å². The third-order valence-corrected chi connectivity index (χ3v) is 2.64. The average molecular weight is 218 g/mol. The predicted octanol–water partition coefficient (Wildman–Crippen LogP) is 1.49. The number of unbranched alkanes of at least 4 members (excludes halogenated alkanes) is 1. The van der Waals surface area contributed by atoms with Gasteiger partial charge in [0, 0.05) is 6.54 Å². The van der Waals surface area contributed by atoms with Crippen LogP contribution in [0, 0.1) is 0 Å². The van der Waals surface area contributed by atoms with Gasteiger partial charge in [-0.1, -0.05) is 25.5 Å². The van der Waals surface area contributed by atoms with Gasteiger partial charge in [0.15, 0.2) is 0 Å². The van der Waals surface area contributed by atoms with Gasteiger partial charge in [0.25, 0.3) is 5.56 Å². The number of aryl methyl sites for hydroxylation is 1. The Kier molecular flexibility index (Phi) is 2.90. The number of aromatic nitrogens is 2. The van der Waals surface area contributed by atoms with Gasteiger partial charge in [-0.05, 0) is 18.6 Å². The SMILES string of the molecule is CCCCn1c(=O)[nH]c(=O)c2ccccc21. The fourth-order valence-corrected chi connectivity index (χ4v) is 1.78. The lowest BCUT2D eigenvalue weighted by molar-refractivity contribution is 0.617. The fraction of sp³-hybridized carbons (Fsp3) is 0.333. The standard InChI is InChI=1S/C12H14N2O2/c1-2-3-8-14-10-7-5-4-6-9(10)11(15)13-12(14)16/h4-7H,2-3,8H2,1H3,(H,13,15,16). The van der Waals surface area contributed by atoms with Crippen LogP contribution < -0.4 is 11.2 Å². The minimum Gasteiger partial charge on any atom is -0.293 e. The van der Waals surface area contributed by atoms with Gasteiger partial charge in [0.1, 0.15) is 0 Å². The summed E-state index contributed by atoms with van der Waals surface area (Å²) in [6.07, 6.45) is 1.94. The Morgan fingerprint density at radius 1 is 1.25 bits per heavy atom. The maximum Gasteiger partial charge on any atom is 0.328 e. The fourth-order valence-electron chi connectivity index (χ4n) is 1.78. The number of hydrogen-bond acceptors (Lipinski definition) is 2. The topological polar surface area (TPSA) is 54.9 Å². The Bertz CT molecular complexity index is 610. The van der Waals surface area contributed by atoms with E-state index >= 15 is 0 Å². The maximum absolute atomic E-state index is 11.7. The molecule has 0 fully saturated rings. The van der Waals surface area contributed by atoms with Crippen LogP contribution in [0.1, 0.15) is 19.8 Å². The number of hydrogen-bond donors (Lipinski definition) is 1. The lowest BCUT2D eigenvalue weighted by Crippen LogP contribution is -2.30. The molecule has 0 atom stereocenters. The number of nitrogens with one attached hydrogen (secondary N) is 1. The number of benzene rings is 1. The van der Waals surface area contributed by atoms with Crippen LogP contribution in [-0.2, 0) is 6.54 Å². The predicted molar refractivity (Wildman–Crippen MR) is 63.7 cm³/mol. The van der Waals surface area contributed by atoms with Crippen molar-refractivity contribution in [2.24, 2.45) is 0 Å². The van der Waals surface area contributed by atoms with Crippen molar-refractivity contribution in [3.8, 4) is 0 Å². The highest BCUT2D eigenvalue weighted by Gasteiger charge is 2.05. The van der Waals surface area contributed by atoms with E-state index in [-0.39, 0.29) is 11.2 Å². The molecule has 1 heterocycles. The van der Waals surface area contributed by atoms with Gasteiger partial charge in [-0.2, -0.15) is 0 Å². The van der Waals surface area contributed by atoms with Gasteiger partial charge < -0.3 is 0 Å². The van der Waals surface area contributed by atoms with E-state index < -0.39 is 0 Å². The summed E-state index contributed by atoms with van der Waals surface area (Å²) in [5, 5.41) is 0.568.